The van der Waals surface area contributed by atoms with Crippen LogP contribution in [0.15, 0.2) is 6.20 Å². The van der Waals surface area contributed by atoms with Gasteiger partial charge >= 0.3 is 0 Å². The molecule has 0 saturated heterocycles. The Morgan fingerprint density at radius 3 is 2.26 bits per heavy atom. The Balaban J connectivity index is 1.81. The molecule has 4 fully saturated rings. The van der Waals surface area contributed by atoms with E-state index in [1.165, 1.54) is 49.8 Å². The van der Waals surface area contributed by atoms with Gasteiger partial charge in [-0.3, -0.25) is 4.68 Å². The molecule has 1 aromatic heterocycles. The molecular formula is C16H25N3. The van der Waals surface area contributed by atoms with Gasteiger partial charge in [0.25, 0.3) is 0 Å². The first-order valence-electron chi connectivity index (χ1n) is 7.99. The van der Waals surface area contributed by atoms with Crippen LogP contribution in [0.1, 0.15) is 56.7 Å². The lowest BCUT2D eigenvalue weighted by molar-refractivity contribution is -0.00964. The maximum atomic E-state index is 5.98. The average molecular weight is 259 g/mol. The monoisotopic (exact) mass is 259 g/mol. The summed E-state index contributed by atoms with van der Waals surface area (Å²) in [6, 6.07) is 0. The largest absolute Gasteiger partial charge is 0.326 e. The molecule has 2 N–H and O–H groups in total. The van der Waals surface area contributed by atoms with Crippen LogP contribution in [0, 0.1) is 17.8 Å². The van der Waals surface area contributed by atoms with Crippen LogP contribution in [0.4, 0.5) is 0 Å². The van der Waals surface area contributed by atoms with Crippen molar-refractivity contribution < 1.29 is 0 Å². The van der Waals surface area contributed by atoms with Gasteiger partial charge in [-0.15, -0.1) is 0 Å². The van der Waals surface area contributed by atoms with E-state index in [0.717, 1.165) is 24.3 Å². The predicted molar refractivity (Wildman–Crippen MR) is 75.6 cm³/mol. The fraction of sp³-hybridized carbons (Fsp3) is 0.812. The van der Waals surface area contributed by atoms with E-state index in [0.29, 0.717) is 12.0 Å². The van der Waals surface area contributed by atoms with Crippen LogP contribution in [0.5, 0.6) is 0 Å². The fourth-order valence-corrected chi connectivity index (χ4v) is 5.83. The normalized spacial score (nSPS) is 40.0. The summed E-state index contributed by atoms with van der Waals surface area (Å²) in [5.74, 6) is 2.95. The summed E-state index contributed by atoms with van der Waals surface area (Å²) < 4.78 is 2.25. The highest BCUT2D eigenvalue weighted by atomic mass is 15.3. The average Bonchev–Trinajstić information content (AvgIpc) is 2.80. The van der Waals surface area contributed by atoms with Crippen molar-refractivity contribution in [1.29, 1.82) is 0 Å². The Morgan fingerprint density at radius 1 is 1.21 bits per heavy atom. The van der Waals surface area contributed by atoms with Gasteiger partial charge in [-0.1, -0.05) is 0 Å². The van der Waals surface area contributed by atoms with Crippen LogP contribution in [-0.2, 0) is 18.5 Å². The molecule has 0 radical (unpaired) electrons. The summed E-state index contributed by atoms with van der Waals surface area (Å²) in [6.07, 6.45) is 10.7. The summed E-state index contributed by atoms with van der Waals surface area (Å²) >= 11 is 0. The van der Waals surface area contributed by atoms with E-state index in [-0.39, 0.29) is 0 Å². The number of hydrogen-bond acceptors (Lipinski definition) is 2. The number of aryl methyl sites for hydroxylation is 1. The smallest absolute Gasteiger partial charge is 0.0537 e. The first kappa shape index (κ1) is 12.0. The molecule has 4 aliphatic carbocycles. The van der Waals surface area contributed by atoms with Gasteiger partial charge in [0.15, 0.2) is 0 Å². The third-order valence-corrected chi connectivity index (χ3v) is 5.98. The minimum Gasteiger partial charge on any atom is -0.326 e. The Labute approximate surface area is 115 Å². The van der Waals surface area contributed by atoms with Crippen LogP contribution < -0.4 is 5.73 Å². The molecule has 0 atom stereocenters. The van der Waals surface area contributed by atoms with Crippen LogP contribution in [0.2, 0.25) is 0 Å². The molecule has 0 unspecified atom stereocenters. The highest BCUT2D eigenvalue weighted by Crippen LogP contribution is 2.61. The van der Waals surface area contributed by atoms with Gasteiger partial charge in [0, 0.05) is 29.8 Å². The van der Waals surface area contributed by atoms with Gasteiger partial charge in [-0.2, -0.15) is 5.10 Å². The van der Waals surface area contributed by atoms with Gasteiger partial charge in [0.2, 0.25) is 0 Å². The van der Waals surface area contributed by atoms with Crippen LogP contribution >= 0.6 is 0 Å². The zero-order valence-electron chi connectivity index (χ0n) is 11.9. The molecule has 1 heterocycles. The Morgan fingerprint density at radius 2 is 1.79 bits per heavy atom. The van der Waals surface area contributed by atoms with Crippen molar-refractivity contribution in [2.75, 3.05) is 0 Å². The second-order valence-corrected chi connectivity index (χ2v) is 7.24. The first-order chi connectivity index (χ1) is 9.24. The molecule has 4 saturated carbocycles. The van der Waals surface area contributed by atoms with Crippen molar-refractivity contribution in [2.24, 2.45) is 23.5 Å². The Bertz CT molecular complexity index is 431. The van der Waals surface area contributed by atoms with E-state index in [1.54, 1.807) is 0 Å². The molecule has 0 spiro atoms. The maximum absolute atomic E-state index is 5.98. The molecule has 4 aliphatic rings. The van der Waals surface area contributed by atoms with E-state index >= 15 is 0 Å². The van der Waals surface area contributed by atoms with E-state index < -0.39 is 0 Å². The number of nitrogens with two attached hydrogens (primary N) is 1. The van der Waals surface area contributed by atoms with E-state index in [4.69, 9.17) is 5.73 Å². The van der Waals surface area contributed by atoms with Gasteiger partial charge in [-0.05, 0) is 63.2 Å². The van der Waals surface area contributed by atoms with Crippen molar-refractivity contribution in [3.63, 3.8) is 0 Å². The molecule has 19 heavy (non-hydrogen) atoms. The lowest BCUT2D eigenvalue weighted by atomic mass is 9.48. The second-order valence-electron chi connectivity index (χ2n) is 7.24. The highest BCUT2D eigenvalue weighted by Gasteiger charge is 2.53. The minimum absolute atomic E-state index is 0.427. The maximum Gasteiger partial charge on any atom is 0.0537 e. The Kier molecular flexibility index (Phi) is 2.57. The molecule has 1 aromatic rings. The summed E-state index contributed by atoms with van der Waals surface area (Å²) in [6.45, 7) is 3.84. The number of nitrogens with zero attached hydrogens (tertiary/aromatic N) is 2. The van der Waals surface area contributed by atoms with Gasteiger partial charge < -0.3 is 5.73 Å². The zero-order valence-corrected chi connectivity index (χ0v) is 11.9. The van der Waals surface area contributed by atoms with Crippen molar-refractivity contribution in [3.05, 3.63) is 17.5 Å². The van der Waals surface area contributed by atoms with Gasteiger partial charge in [0.05, 0.1) is 6.20 Å². The number of aromatic nitrogens is 2. The van der Waals surface area contributed by atoms with Crippen molar-refractivity contribution >= 4 is 0 Å². The predicted octanol–water partition coefficient (Wildman–Crippen LogP) is 2.83. The first-order valence-corrected chi connectivity index (χ1v) is 7.99. The van der Waals surface area contributed by atoms with Crippen LogP contribution in [-0.4, -0.2) is 9.78 Å². The summed E-state index contributed by atoms with van der Waals surface area (Å²) in [7, 11) is 0. The highest BCUT2D eigenvalue weighted by molar-refractivity contribution is 5.30. The lowest BCUT2D eigenvalue weighted by Gasteiger charge is -2.57. The van der Waals surface area contributed by atoms with Gasteiger partial charge in [0.1, 0.15) is 0 Å². The Hall–Kier alpha value is -0.830. The standard InChI is InChI=1S/C16H25N3/c1-2-19-15(14(9-17)10-18-19)16-6-11-3-12(7-16)5-13(4-11)8-16/h10-13H,2-9,17H2,1H3. The van der Waals surface area contributed by atoms with Gasteiger partial charge in [-0.25, -0.2) is 0 Å². The van der Waals surface area contributed by atoms with Crippen molar-refractivity contribution in [1.82, 2.24) is 9.78 Å². The van der Waals surface area contributed by atoms with E-state index in [2.05, 4.69) is 16.7 Å². The quantitative estimate of drug-likeness (QED) is 0.907. The molecule has 0 aliphatic heterocycles. The molecule has 104 valence electrons. The molecule has 4 bridgehead atoms. The molecule has 3 nitrogen and oxygen atoms in total. The van der Waals surface area contributed by atoms with Crippen LogP contribution in [0.3, 0.4) is 0 Å². The van der Waals surface area contributed by atoms with Crippen LogP contribution in [0.25, 0.3) is 0 Å². The van der Waals surface area contributed by atoms with E-state index in [9.17, 15) is 0 Å². The summed E-state index contributed by atoms with van der Waals surface area (Å²) in [5, 5.41) is 4.60. The molecule has 0 amide bonds. The lowest BCUT2D eigenvalue weighted by Crippen LogP contribution is -2.49. The summed E-state index contributed by atoms with van der Waals surface area (Å²) in [4.78, 5) is 0. The molecule has 0 aromatic carbocycles. The fourth-order valence-electron chi connectivity index (χ4n) is 5.83. The second kappa shape index (κ2) is 4.08. The molecule has 5 rings (SSSR count). The third kappa shape index (κ3) is 1.63. The van der Waals surface area contributed by atoms with Crippen molar-refractivity contribution in [3.8, 4) is 0 Å². The molecular weight excluding hydrogens is 234 g/mol. The number of hydrogen-bond donors (Lipinski definition) is 1. The van der Waals surface area contributed by atoms with Crippen molar-refractivity contribution in [2.45, 2.75) is 64.0 Å². The molecule has 3 heteroatoms. The SMILES string of the molecule is CCn1ncc(CN)c1C12CC3CC(CC(C3)C1)C2. The summed E-state index contributed by atoms with van der Waals surface area (Å²) in [5.41, 5.74) is 9.23. The number of rotatable bonds is 3. The zero-order chi connectivity index (χ0) is 13.0. The van der Waals surface area contributed by atoms with E-state index in [1.807, 2.05) is 6.20 Å². The third-order valence-electron chi connectivity index (χ3n) is 5.98. The topological polar surface area (TPSA) is 43.8 Å². The minimum atomic E-state index is 0.427.